The van der Waals surface area contributed by atoms with Crippen molar-refractivity contribution in [1.82, 2.24) is 5.32 Å². The number of alkyl halides is 6. The highest BCUT2D eigenvalue weighted by molar-refractivity contribution is 6.09. The predicted molar refractivity (Wildman–Crippen MR) is 84.2 cm³/mol. The van der Waals surface area contributed by atoms with Crippen LogP contribution < -0.4 is 10.6 Å². The summed E-state index contributed by atoms with van der Waals surface area (Å²) in [5, 5.41) is 3.77. The monoisotopic (exact) mass is 390 g/mol. The third kappa shape index (κ3) is 5.47. The van der Waals surface area contributed by atoms with Crippen LogP contribution in [-0.4, -0.2) is 24.5 Å². The smallest absolute Gasteiger partial charge is 0.343 e. The number of benzene rings is 2. The van der Waals surface area contributed by atoms with E-state index in [-0.39, 0.29) is 11.3 Å². The summed E-state index contributed by atoms with van der Waals surface area (Å²) in [4.78, 5) is 24.2. The fourth-order valence-corrected chi connectivity index (χ4v) is 2.18. The Labute approximate surface area is 149 Å². The van der Waals surface area contributed by atoms with Gasteiger partial charge in [0.25, 0.3) is 11.8 Å². The zero-order chi connectivity index (χ0) is 20.2. The Hall–Kier alpha value is -3.04. The molecule has 144 valence electrons. The van der Waals surface area contributed by atoms with Gasteiger partial charge in [-0.2, -0.15) is 26.3 Å². The van der Waals surface area contributed by atoms with Gasteiger partial charge < -0.3 is 10.6 Å². The van der Waals surface area contributed by atoms with Gasteiger partial charge in [0.15, 0.2) is 0 Å². The highest BCUT2D eigenvalue weighted by Crippen LogP contribution is 2.32. The van der Waals surface area contributed by atoms with E-state index in [2.05, 4.69) is 5.32 Å². The number of rotatable bonds is 4. The Kier molecular flexibility index (Phi) is 5.77. The van der Waals surface area contributed by atoms with Crippen molar-refractivity contribution in [1.29, 1.82) is 0 Å². The molecule has 10 heteroatoms. The van der Waals surface area contributed by atoms with Crippen molar-refractivity contribution in [3.63, 3.8) is 0 Å². The first kappa shape index (κ1) is 20.3. The molecule has 0 fully saturated rings. The summed E-state index contributed by atoms with van der Waals surface area (Å²) >= 11 is 0. The minimum Gasteiger partial charge on any atom is -0.343 e. The Balaban J connectivity index is 2.27. The Morgan fingerprint density at radius 2 is 1.33 bits per heavy atom. The van der Waals surface area contributed by atoms with Crippen LogP contribution >= 0.6 is 0 Å². The van der Waals surface area contributed by atoms with Gasteiger partial charge in [-0.25, -0.2) is 0 Å². The van der Waals surface area contributed by atoms with Gasteiger partial charge in [-0.1, -0.05) is 24.3 Å². The molecule has 0 aliphatic heterocycles. The highest BCUT2D eigenvalue weighted by atomic mass is 19.4. The average Bonchev–Trinajstić information content (AvgIpc) is 2.58. The standard InChI is InChI=1S/C17H12F6N2O2/c18-16(19,20)9-24-14(26)11-6-2-4-8-13(11)25-15(27)10-5-1-3-7-12(10)17(21,22)23/h1-8H,9H2,(H,24,26)(H,25,27). The molecule has 0 bridgehead atoms. The molecule has 0 aliphatic carbocycles. The Morgan fingerprint density at radius 3 is 1.93 bits per heavy atom. The zero-order valence-electron chi connectivity index (χ0n) is 13.4. The maximum atomic E-state index is 13.0. The van der Waals surface area contributed by atoms with E-state index >= 15 is 0 Å². The first-order valence-electron chi connectivity index (χ1n) is 7.40. The molecule has 0 unspecified atom stereocenters. The van der Waals surface area contributed by atoms with E-state index in [0.29, 0.717) is 0 Å². The van der Waals surface area contributed by atoms with Crippen LogP contribution in [-0.2, 0) is 6.18 Å². The van der Waals surface area contributed by atoms with Crippen molar-refractivity contribution in [2.45, 2.75) is 12.4 Å². The molecule has 2 aromatic rings. The van der Waals surface area contributed by atoms with Crippen LogP contribution in [0.5, 0.6) is 0 Å². The van der Waals surface area contributed by atoms with Crippen molar-refractivity contribution in [2.75, 3.05) is 11.9 Å². The van der Waals surface area contributed by atoms with E-state index in [1.54, 1.807) is 5.32 Å². The van der Waals surface area contributed by atoms with Gasteiger partial charge in [0.1, 0.15) is 6.54 Å². The molecule has 4 nitrogen and oxygen atoms in total. The van der Waals surface area contributed by atoms with Crippen LogP contribution in [0.3, 0.4) is 0 Å². The topological polar surface area (TPSA) is 58.2 Å². The fourth-order valence-electron chi connectivity index (χ4n) is 2.18. The zero-order valence-corrected chi connectivity index (χ0v) is 13.4. The molecule has 2 N–H and O–H groups in total. The lowest BCUT2D eigenvalue weighted by atomic mass is 10.1. The second kappa shape index (κ2) is 7.68. The van der Waals surface area contributed by atoms with E-state index in [0.717, 1.165) is 24.3 Å². The molecule has 0 aliphatic rings. The van der Waals surface area contributed by atoms with E-state index in [4.69, 9.17) is 0 Å². The van der Waals surface area contributed by atoms with Crippen LogP contribution in [0.4, 0.5) is 32.0 Å². The minimum absolute atomic E-state index is 0.223. The number of carbonyl (C=O) groups is 2. The highest BCUT2D eigenvalue weighted by Gasteiger charge is 2.35. The molecule has 27 heavy (non-hydrogen) atoms. The first-order valence-corrected chi connectivity index (χ1v) is 7.40. The van der Waals surface area contributed by atoms with E-state index in [1.807, 2.05) is 0 Å². The van der Waals surface area contributed by atoms with Crippen molar-refractivity contribution < 1.29 is 35.9 Å². The molecule has 0 atom stereocenters. The molecule has 2 rings (SSSR count). The SMILES string of the molecule is O=C(NCC(F)(F)F)c1ccccc1NC(=O)c1ccccc1C(F)(F)F. The summed E-state index contributed by atoms with van der Waals surface area (Å²) in [5.41, 5.74) is -2.41. The van der Waals surface area contributed by atoms with Gasteiger partial charge in [0, 0.05) is 0 Å². The number of anilines is 1. The van der Waals surface area contributed by atoms with Crippen LogP contribution in [0.2, 0.25) is 0 Å². The summed E-state index contributed by atoms with van der Waals surface area (Å²) in [7, 11) is 0. The third-order valence-electron chi connectivity index (χ3n) is 3.35. The van der Waals surface area contributed by atoms with E-state index in [9.17, 15) is 35.9 Å². The van der Waals surface area contributed by atoms with Gasteiger partial charge in [-0.3, -0.25) is 9.59 Å². The van der Waals surface area contributed by atoms with Crippen LogP contribution in [0.1, 0.15) is 26.3 Å². The quantitative estimate of drug-likeness (QED) is 0.767. The molecule has 0 saturated carbocycles. The molecule has 0 spiro atoms. The maximum Gasteiger partial charge on any atom is 0.417 e. The number of para-hydroxylation sites is 1. The Bertz CT molecular complexity index is 846. The summed E-state index contributed by atoms with van der Waals surface area (Å²) in [5.74, 6) is -2.29. The van der Waals surface area contributed by atoms with Crippen molar-refractivity contribution in [2.24, 2.45) is 0 Å². The number of halogens is 6. The molecule has 0 aromatic heterocycles. The van der Waals surface area contributed by atoms with E-state index < -0.39 is 41.8 Å². The average molecular weight is 390 g/mol. The van der Waals surface area contributed by atoms with Crippen LogP contribution in [0, 0.1) is 0 Å². The number of hydrogen-bond donors (Lipinski definition) is 2. The summed E-state index contributed by atoms with van der Waals surface area (Å²) in [6, 6.07) is 9.03. The number of nitrogens with one attached hydrogen (secondary N) is 2. The second-order valence-corrected chi connectivity index (χ2v) is 5.34. The maximum absolute atomic E-state index is 13.0. The molecule has 0 saturated heterocycles. The molecule has 2 amide bonds. The number of carbonyl (C=O) groups excluding carboxylic acids is 2. The van der Waals surface area contributed by atoms with Crippen molar-refractivity contribution in [3.8, 4) is 0 Å². The summed E-state index contributed by atoms with van der Waals surface area (Å²) in [6.07, 6.45) is -9.42. The molecular formula is C17H12F6N2O2. The Morgan fingerprint density at radius 1 is 0.778 bits per heavy atom. The van der Waals surface area contributed by atoms with Crippen LogP contribution in [0.15, 0.2) is 48.5 Å². The normalized spacial score (nSPS) is 11.8. The predicted octanol–water partition coefficient (Wildman–Crippen LogP) is 4.25. The second-order valence-electron chi connectivity index (χ2n) is 5.34. The lowest BCUT2D eigenvalue weighted by Gasteiger charge is -2.15. The van der Waals surface area contributed by atoms with Crippen molar-refractivity contribution >= 4 is 17.5 Å². The largest absolute Gasteiger partial charge is 0.417 e. The van der Waals surface area contributed by atoms with Gasteiger partial charge in [0.05, 0.1) is 22.4 Å². The van der Waals surface area contributed by atoms with Crippen LogP contribution in [0.25, 0.3) is 0 Å². The molecule has 2 aromatic carbocycles. The lowest BCUT2D eigenvalue weighted by Crippen LogP contribution is -2.34. The van der Waals surface area contributed by atoms with Gasteiger partial charge >= 0.3 is 12.4 Å². The summed E-state index contributed by atoms with van der Waals surface area (Å²) < 4.78 is 75.7. The minimum atomic E-state index is -4.78. The number of hydrogen-bond acceptors (Lipinski definition) is 2. The first-order chi connectivity index (χ1) is 12.5. The molecular weight excluding hydrogens is 378 g/mol. The van der Waals surface area contributed by atoms with Gasteiger partial charge in [-0.05, 0) is 24.3 Å². The number of amides is 2. The molecule has 0 heterocycles. The fraction of sp³-hybridized carbons (Fsp3) is 0.176. The molecule has 0 radical (unpaired) electrons. The van der Waals surface area contributed by atoms with Gasteiger partial charge in [0.2, 0.25) is 0 Å². The van der Waals surface area contributed by atoms with E-state index in [1.165, 1.54) is 24.3 Å². The summed E-state index contributed by atoms with van der Waals surface area (Å²) in [6.45, 7) is -1.59. The lowest BCUT2D eigenvalue weighted by molar-refractivity contribution is -0.137. The third-order valence-corrected chi connectivity index (χ3v) is 3.35. The van der Waals surface area contributed by atoms with Gasteiger partial charge in [-0.15, -0.1) is 0 Å². The van der Waals surface area contributed by atoms with Crippen molar-refractivity contribution in [3.05, 3.63) is 65.2 Å².